The average Bonchev–Trinajstić information content (AvgIpc) is 3.52. The normalized spacial score (nSPS) is 15.4. The summed E-state index contributed by atoms with van der Waals surface area (Å²) in [6.45, 7) is 2.01. The van der Waals surface area contributed by atoms with Crippen LogP contribution in [-0.2, 0) is 6.42 Å². The molecule has 0 bridgehead atoms. The standard InChI is InChI=1S/C24H22N8/c1-14-12-20-24(30-22(14)31-11-3-10-28-31)32(23(29-20)18-4-2-9-27-21(18)26)16-6-7-17-15(13-16)5-8-19(17)25/h2-4,6-7,9-13,19H,5,8,25H2,1H3,(H2,26,27)/t19-/m0/s1. The van der Waals surface area contributed by atoms with Gasteiger partial charge in [0.15, 0.2) is 17.3 Å². The molecule has 32 heavy (non-hydrogen) atoms. The van der Waals surface area contributed by atoms with Crippen molar-refractivity contribution in [2.75, 3.05) is 5.73 Å². The van der Waals surface area contributed by atoms with Gasteiger partial charge < -0.3 is 11.5 Å². The van der Waals surface area contributed by atoms with Crippen molar-refractivity contribution < 1.29 is 0 Å². The summed E-state index contributed by atoms with van der Waals surface area (Å²) in [4.78, 5) is 14.2. The van der Waals surface area contributed by atoms with Crippen LogP contribution in [-0.4, -0.2) is 29.3 Å². The van der Waals surface area contributed by atoms with Gasteiger partial charge in [-0.2, -0.15) is 5.10 Å². The molecule has 0 amide bonds. The van der Waals surface area contributed by atoms with Crippen LogP contribution in [0, 0.1) is 6.92 Å². The largest absolute Gasteiger partial charge is 0.383 e. The highest BCUT2D eigenvalue weighted by Gasteiger charge is 2.23. The van der Waals surface area contributed by atoms with Gasteiger partial charge in [0.1, 0.15) is 11.3 Å². The summed E-state index contributed by atoms with van der Waals surface area (Å²) in [5.41, 5.74) is 19.2. The molecular formula is C24H22N8. The molecule has 0 saturated heterocycles. The van der Waals surface area contributed by atoms with E-state index in [4.69, 9.17) is 21.4 Å². The third-order valence-electron chi connectivity index (χ3n) is 6.11. The maximum Gasteiger partial charge on any atom is 0.167 e. The fraction of sp³-hybridized carbons (Fsp3) is 0.167. The first-order chi connectivity index (χ1) is 15.6. The third kappa shape index (κ3) is 2.80. The number of anilines is 1. The fourth-order valence-electron chi connectivity index (χ4n) is 4.53. The van der Waals surface area contributed by atoms with Crippen LogP contribution in [0.1, 0.15) is 29.2 Å². The monoisotopic (exact) mass is 422 g/mol. The van der Waals surface area contributed by atoms with Crippen molar-refractivity contribution in [1.29, 1.82) is 0 Å². The van der Waals surface area contributed by atoms with Gasteiger partial charge in [-0.1, -0.05) is 6.07 Å². The van der Waals surface area contributed by atoms with Gasteiger partial charge in [0, 0.05) is 30.3 Å². The molecule has 5 aromatic rings. The van der Waals surface area contributed by atoms with Crippen molar-refractivity contribution in [3.05, 3.63) is 77.7 Å². The number of pyridine rings is 2. The molecule has 8 heteroatoms. The van der Waals surface area contributed by atoms with E-state index in [1.165, 1.54) is 11.1 Å². The summed E-state index contributed by atoms with van der Waals surface area (Å²) in [7, 11) is 0. The Bertz CT molecular complexity index is 1470. The quantitative estimate of drug-likeness (QED) is 0.460. The number of aryl methyl sites for hydroxylation is 2. The van der Waals surface area contributed by atoms with Crippen molar-refractivity contribution in [2.24, 2.45) is 5.73 Å². The van der Waals surface area contributed by atoms with E-state index in [0.717, 1.165) is 46.6 Å². The lowest BCUT2D eigenvalue weighted by molar-refractivity contribution is 0.713. The Hall–Kier alpha value is -4.04. The molecule has 1 atom stereocenters. The lowest BCUT2D eigenvalue weighted by atomic mass is 10.1. The Morgan fingerprint density at radius 3 is 2.78 bits per heavy atom. The van der Waals surface area contributed by atoms with Crippen molar-refractivity contribution >= 4 is 17.0 Å². The number of hydrogen-bond donors (Lipinski definition) is 2. The summed E-state index contributed by atoms with van der Waals surface area (Å²) in [5, 5.41) is 4.37. The first-order valence-corrected chi connectivity index (χ1v) is 10.6. The van der Waals surface area contributed by atoms with E-state index in [2.05, 4.69) is 32.8 Å². The predicted molar refractivity (Wildman–Crippen MR) is 124 cm³/mol. The Morgan fingerprint density at radius 1 is 1.06 bits per heavy atom. The molecular weight excluding hydrogens is 400 g/mol. The van der Waals surface area contributed by atoms with Gasteiger partial charge in [0.25, 0.3) is 0 Å². The fourth-order valence-corrected chi connectivity index (χ4v) is 4.53. The molecule has 0 saturated carbocycles. The Morgan fingerprint density at radius 2 is 1.97 bits per heavy atom. The molecule has 4 aromatic heterocycles. The molecule has 4 heterocycles. The number of rotatable bonds is 3. The molecule has 1 aromatic carbocycles. The summed E-state index contributed by atoms with van der Waals surface area (Å²) in [6.07, 6.45) is 7.24. The van der Waals surface area contributed by atoms with Crippen LogP contribution in [0.3, 0.4) is 0 Å². The van der Waals surface area contributed by atoms with Gasteiger partial charge >= 0.3 is 0 Å². The smallest absolute Gasteiger partial charge is 0.167 e. The Kier molecular flexibility index (Phi) is 4.09. The lowest BCUT2D eigenvalue weighted by Gasteiger charge is -2.13. The van der Waals surface area contributed by atoms with Gasteiger partial charge in [-0.05, 0) is 72.9 Å². The van der Waals surface area contributed by atoms with E-state index in [0.29, 0.717) is 11.6 Å². The van der Waals surface area contributed by atoms with Gasteiger partial charge in [0.05, 0.1) is 5.56 Å². The molecule has 0 aliphatic heterocycles. The van der Waals surface area contributed by atoms with Crippen LogP contribution < -0.4 is 11.5 Å². The second-order valence-electron chi connectivity index (χ2n) is 8.16. The zero-order chi connectivity index (χ0) is 21.8. The highest BCUT2D eigenvalue weighted by atomic mass is 15.3. The van der Waals surface area contributed by atoms with Crippen molar-refractivity contribution in [3.63, 3.8) is 0 Å². The van der Waals surface area contributed by atoms with E-state index < -0.39 is 0 Å². The maximum atomic E-state index is 6.27. The SMILES string of the molecule is Cc1cc2nc(-c3cccnc3N)n(-c3ccc4c(c3)CC[C@@H]4N)c2nc1-n1cccn1. The first-order valence-electron chi connectivity index (χ1n) is 10.6. The number of nitrogen functional groups attached to an aromatic ring is 1. The molecule has 0 fully saturated rings. The van der Waals surface area contributed by atoms with Crippen molar-refractivity contribution in [2.45, 2.75) is 25.8 Å². The first kappa shape index (κ1) is 18.7. The van der Waals surface area contributed by atoms with Crippen LogP contribution in [0.5, 0.6) is 0 Å². The van der Waals surface area contributed by atoms with Crippen LogP contribution >= 0.6 is 0 Å². The van der Waals surface area contributed by atoms with E-state index in [1.807, 2.05) is 37.4 Å². The number of hydrogen-bond acceptors (Lipinski definition) is 6. The van der Waals surface area contributed by atoms with Gasteiger partial charge in [0.2, 0.25) is 0 Å². The zero-order valence-electron chi connectivity index (χ0n) is 17.6. The lowest BCUT2D eigenvalue weighted by Crippen LogP contribution is -2.07. The van der Waals surface area contributed by atoms with Crippen LogP contribution in [0.25, 0.3) is 34.1 Å². The minimum Gasteiger partial charge on any atom is -0.383 e. The van der Waals surface area contributed by atoms with Gasteiger partial charge in [-0.25, -0.2) is 19.6 Å². The third-order valence-corrected chi connectivity index (χ3v) is 6.11. The minimum atomic E-state index is 0.0965. The van der Waals surface area contributed by atoms with Gasteiger partial charge in [-0.3, -0.25) is 4.57 Å². The highest BCUT2D eigenvalue weighted by molar-refractivity contribution is 5.84. The molecule has 0 radical (unpaired) electrons. The molecule has 1 aliphatic carbocycles. The van der Waals surface area contributed by atoms with E-state index in [-0.39, 0.29) is 6.04 Å². The topological polar surface area (TPSA) is 113 Å². The van der Waals surface area contributed by atoms with Crippen LogP contribution in [0.4, 0.5) is 5.82 Å². The van der Waals surface area contributed by atoms with Crippen LogP contribution in [0.2, 0.25) is 0 Å². The van der Waals surface area contributed by atoms with E-state index >= 15 is 0 Å². The summed E-state index contributed by atoms with van der Waals surface area (Å²) < 4.78 is 3.82. The minimum absolute atomic E-state index is 0.0965. The second-order valence-corrected chi connectivity index (χ2v) is 8.16. The molecule has 8 nitrogen and oxygen atoms in total. The number of fused-ring (bicyclic) bond motifs is 2. The summed E-state index contributed by atoms with van der Waals surface area (Å²) in [6, 6.07) is 14.2. The Balaban J connectivity index is 1.66. The number of nitrogens with zero attached hydrogens (tertiary/aromatic N) is 6. The second kappa shape index (κ2) is 7.00. The van der Waals surface area contributed by atoms with Gasteiger partial charge in [-0.15, -0.1) is 0 Å². The van der Waals surface area contributed by atoms with Crippen molar-refractivity contribution in [3.8, 4) is 22.9 Å². The van der Waals surface area contributed by atoms with E-state index in [1.54, 1.807) is 17.1 Å². The van der Waals surface area contributed by atoms with Crippen LogP contribution in [0.15, 0.2) is 61.1 Å². The molecule has 1 aliphatic rings. The Labute approximate surface area is 184 Å². The number of imidazole rings is 1. The predicted octanol–water partition coefficient (Wildman–Crippen LogP) is 3.50. The van der Waals surface area contributed by atoms with Crippen molar-refractivity contribution in [1.82, 2.24) is 29.3 Å². The summed E-state index contributed by atoms with van der Waals surface area (Å²) in [5.74, 6) is 1.89. The highest BCUT2D eigenvalue weighted by Crippen LogP contribution is 2.35. The number of aromatic nitrogens is 6. The number of benzene rings is 1. The molecule has 158 valence electrons. The number of nitrogens with two attached hydrogens (primary N) is 2. The molecule has 0 spiro atoms. The maximum absolute atomic E-state index is 6.27. The average molecular weight is 422 g/mol. The molecule has 6 rings (SSSR count). The molecule has 4 N–H and O–H groups in total. The zero-order valence-corrected chi connectivity index (χ0v) is 17.6. The summed E-state index contributed by atoms with van der Waals surface area (Å²) >= 11 is 0. The molecule has 0 unspecified atom stereocenters. The van der Waals surface area contributed by atoms with E-state index in [9.17, 15) is 0 Å².